The largest absolute Gasteiger partial charge is 0.347 e. The molecule has 0 fully saturated rings. The third kappa shape index (κ3) is 2.64. The van der Waals surface area contributed by atoms with E-state index in [4.69, 9.17) is 0 Å². The van der Waals surface area contributed by atoms with Gasteiger partial charge in [0.25, 0.3) is 0 Å². The maximum absolute atomic E-state index is 4.35. The average Bonchev–Trinajstić information content (AvgIpc) is 2.84. The molecule has 0 amide bonds. The molecule has 0 saturated heterocycles. The van der Waals surface area contributed by atoms with E-state index in [0.717, 1.165) is 17.2 Å². The van der Waals surface area contributed by atoms with Gasteiger partial charge in [0.2, 0.25) is 0 Å². The Morgan fingerprint density at radius 2 is 2.40 bits per heavy atom. The molecule has 0 bridgehead atoms. The number of H-pyrrole nitrogens is 1. The van der Waals surface area contributed by atoms with Crippen LogP contribution in [0.2, 0.25) is 0 Å². The molecule has 0 radical (unpaired) electrons. The number of nitrogens with one attached hydrogen (secondary N) is 2. The molecular formula is C10H14N4S. The molecule has 80 valence electrons. The molecule has 0 aliphatic carbocycles. The number of aromatic amines is 1. The molecule has 15 heavy (non-hydrogen) atoms. The fourth-order valence-electron chi connectivity index (χ4n) is 1.30. The predicted octanol–water partition coefficient (Wildman–Crippen LogP) is 2.03. The van der Waals surface area contributed by atoms with Crippen LogP contribution in [0.1, 0.15) is 28.5 Å². The van der Waals surface area contributed by atoms with Crippen LogP contribution in [-0.4, -0.2) is 15.0 Å². The molecule has 0 aliphatic heterocycles. The SMILES string of the molecule is Cc1cnc(C(C)NCc2cnc[nH]2)s1. The number of hydrogen-bond donors (Lipinski definition) is 2. The number of nitrogens with zero attached hydrogens (tertiary/aromatic N) is 2. The molecule has 0 aromatic carbocycles. The zero-order valence-corrected chi connectivity index (χ0v) is 9.64. The van der Waals surface area contributed by atoms with Gasteiger partial charge in [-0.25, -0.2) is 9.97 Å². The van der Waals surface area contributed by atoms with Gasteiger partial charge in [0, 0.05) is 29.5 Å². The summed E-state index contributed by atoms with van der Waals surface area (Å²) in [6, 6.07) is 0.284. The topological polar surface area (TPSA) is 53.6 Å². The van der Waals surface area contributed by atoms with Gasteiger partial charge in [-0.2, -0.15) is 0 Å². The summed E-state index contributed by atoms with van der Waals surface area (Å²) in [6.07, 6.45) is 5.43. The second-order valence-electron chi connectivity index (χ2n) is 3.49. The zero-order valence-electron chi connectivity index (χ0n) is 8.82. The highest BCUT2D eigenvalue weighted by Gasteiger charge is 2.08. The molecule has 2 N–H and O–H groups in total. The molecule has 0 saturated carbocycles. The van der Waals surface area contributed by atoms with E-state index >= 15 is 0 Å². The van der Waals surface area contributed by atoms with Gasteiger partial charge in [0.15, 0.2) is 0 Å². The third-order valence-corrected chi connectivity index (χ3v) is 3.26. The van der Waals surface area contributed by atoms with Gasteiger partial charge in [-0.05, 0) is 13.8 Å². The van der Waals surface area contributed by atoms with Crippen LogP contribution >= 0.6 is 11.3 Å². The van der Waals surface area contributed by atoms with Crippen molar-refractivity contribution in [3.63, 3.8) is 0 Å². The van der Waals surface area contributed by atoms with Crippen molar-refractivity contribution in [3.8, 4) is 0 Å². The molecule has 0 spiro atoms. The minimum absolute atomic E-state index is 0.284. The highest BCUT2D eigenvalue weighted by atomic mass is 32.1. The van der Waals surface area contributed by atoms with Crippen LogP contribution in [0.15, 0.2) is 18.7 Å². The Morgan fingerprint density at radius 1 is 1.53 bits per heavy atom. The molecule has 1 unspecified atom stereocenters. The summed E-state index contributed by atoms with van der Waals surface area (Å²) in [5.41, 5.74) is 1.09. The lowest BCUT2D eigenvalue weighted by molar-refractivity contribution is 0.566. The first-order valence-corrected chi connectivity index (χ1v) is 5.70. The maximum atomic E-state index is 4.35. The predicted molar refractivity (Wildman–Crippen MR) is 60.7 cm³/mol. The average molecular weight is 222 g/mol. The fourth-order valence-corrected chi connectivity index (χ4v) is 2.10. The van der Waals surface area contributed by atoms with Gasteiger partial charge >= 0.3 is 0 Å². The summed E-state index contributed by atoms with van der Waals surface area (Å²) >= 11 is 1.73. The van der Waals surface area contributed by atoms with E-state index in [9.17, 15) is 0 Å². The van der Waals surface area contributed by atoms with E-state index in [-0.39, 0.29) is 6.04 Å². The summed E-state index contributed by atoms with van der Waals surface area (Å²) in [4.78, 5) is 12.6. The second kappa shape index (κ2) is 4.55. The highest BCUT2D eigenvalue weighted by molar-refractivity contribution is 7.11. The van der Waals surface area contributed by atoms with Gasteiger partial charge in [-0.3, -0.25) is 0 Å². The van der Waals surface area contributed by atoms with Crippen LogP contribution in [0.5, 0.6) is 0 Å². The zero-order chi connectivity index (χ0) is 10.7. The summed E-state index contributed by atoms with van der Waals surface area (Å²) in [7, 11) is 0. The van der Waals surface area contributed by atoms with Gasteiger partial charge in [0.05, 0.1) is 12.4 Å². The first-order valence-electron chi connectivity index (χ1n) is 4.88. The molecule has 2 rings (SSSR count). The lowest BCUT2D eigenvalue weighted by Crippen LogP contribution is -2.17. The van der Waals surface area contributed by atoms with Crippen LogP contribution in [0.3, 0.4) is 0 Å². The molecule has 2 aromatic heterocycles. The lowest BCUT2D eigenvalue weighted by atomic mass is 10.3. The molecular weight excluding hydrogens is 208 g/mol. The normalized spacial score (nSPS) is 12.9. The quantitative estimate of drug-likeness (QED) is 0.832. The van der Waals surface area contributed by atoms with Crippen molar-refractivity contribution in [2.24, 2.45) is 0 Å². The van der Waals surface area contributed by atoms with Crippen LogP contribution in [-0.2, 0) is 6.54 Å². The van der Waals surface area contributed by atoms with E-state index < -0.39 is 0 Å². The summed E-state index contributed by atoms with van der Waals surface area (Å²) in [6.45, 7) is 4.98. The van der Waals surface area contributed by atoms with Crippen molar-refractivity contribution in [2.45, 2.75) is 26.4 Å². The number of aromatic nitrogens is 3. The van der Waals surface area contributed by atoms with E-state index in [1.807, 2.05) is 12.4 Å². The Morgan fingerprint density at radius 3 is 3.00 bits per heavy atom. The minimum atomic E-state index is 0.284. The van der Waals surface area contributed by atoms with Crippen LogP contribution in [0.4, 0.5) is 0 Å². The molecule has 0 aliphatic rings. The van der Waals surface area contributed by atoms with Crippen LogP contribution in [0.25, 0.3) is 0 Å². The Bertz CT molecular complexity index is 407. The Hall–Kier alpha value is -1.20. The molecule has 4 nitrogen and oxygen atoms in total. The van der Waals surface area contributed by atoms with Crippen LogP contribution < -0.4 is 5.32 Å². The Kier molecular flexibility index (Phi) is 3.13. The lowest BCUT2D eigenvalue weighted by Gasteiger charge is -2.09. The van der Waals surface area contributed by atoms with Gasteiger partial charge in [0.1, 0.15) is 5.01 Å². The van der Waals surface area contributed by atoms with Gasteiger partial charge < -0.3 is 10.3 Å². The first kappa shape index (κ1) is 10.3. The number of imidazole rings is 1. The molecule has 5 heteroatoms. The first-order chi connectivity index (χ1) is 7.25. The smallest absolute Gasteiger partial charge is 0.109 e. The van der Waals surface area contributed by atoms with Crippen LogP contribution in [0, 0.1) is 6.92 Å². The van der Waals surface area contributed by atoms with E-state index in [0.29, 0.717) is 0 Å². The maximum Gasteiger partial charge on any atom is 0.109 e. The highest BCUT2D eigenvalue weighted by Crippen LogP contribution is 2.18. The van der Waals surface area contributed by atoms with Crippen molar-refractivity contribution in [3.05, 3.63) is 34.3 Å². The standard InChI is InChI=1S/C10H14N4S/c1-7-3-13-10(15-7)8(2)12-5-9-4-11-6-14-9/h3-4,6,8,12H,5H2,1-2H3,(H,11,14). The minimum Gasteiger partial charge on any atom is -0.347 e. The van der Waals surface area contributed by atoms with Crippen molar-refractivity contribution >= 4 is 11.3 Å². The summed E-state index contributed by atoms with van der Waals surface area (Å²) in [5.74, 6) is 0. The van der Waals surface area contributed by atoms with Gasteiger partial charge in [-0.15, -0.1) is 11.3 Å². The van der Waals surface area contributed by atoms with Gasteiger partial charge in [-0.1, -0.05) is 0 Å². The monoisotopic (exact) mass is 222 g/mol. The van der Waals surface area contributed by atoms with Crippen molar-refractivity contribution < 1.29 is 0 Å². The molecule has 2 aromatic rings. The number of thiazole rings is 1. The van der Waals surface area contributed by atoms with E-state index in [2.05, 4.69) is 34.1 Å². The fraction of sp³-hybridized carbons (Fsp3) is 0.400. The summed E-state index contributed by atoms with van der Waals surface area (Å²) < 4.78 is 0. The van der Waals surface area contributed by atoms with E-state index in [1.165, 1.54) is 4.88 Å². The number of hydrogen-bond acceptors (Lipinski definition) is 4. The summed E-state index contributed by atoms with van der Waals surface area (Å²) in [5, 5.41) is 4.52. The van der Waals surface area contributed by atoms with Crippen molar-refractivity contribution in [1.82, 2.24) is 20.3 Å². The molecule has 1 atom stereocenters. The second-order valence-corrected chi connectivity index (χ2v) is 4.75. The van der Waals surface area contributed by atoms with Crippen molar-refractivity contribution in [1.29, 1.82) is 0 Å². The molecule has 2 heterocycles. The Labute approximate surface area is 92.8 Å². The third-order valence-electron chi connectivity index (χ3n) is 2.16. The van der Waals surface area contributed by atoms with E-state index in [1.54, 1.807) is 17.7 Å². The Balaban J connectivity index is 1.90. The van der Waals surface area contributed by atoms with Crippen molar-refractivity contribution in [2.75, 3.05) is 0 Å². The number of aryl methyl sites for hydroxylation is 1. The number of rotatable bonds is 4.